The van der Waals surface area contributed by atoms with Crippen LogP contribution in [0.1, 0.15) is 23.6 Å². The van der Waals surface area contributed by atoms with E-state index in [4.69, 9.17) is 0 Å². The van der Waals surface area contributed by atoms with Crippen molar-refractivity contribution in [2.75, 3.05) is 19.0 Å². The zero-order valence-electron chi connectivity index (χ0n) is 14.4. The van der Waals surface area contributed by atoms with Gasteiger partial charge >= 0.3 is 0 Å². The van der Waals surface area contributed by atoms with Crippen LogP contribution in [0, 0.1) is 0 Å². The molecule has 0 spiro atoms. The molecule has 0 radical (unpaired) electrons. The number of nitrogens with zero attached hydrogens (tertiary/aromatic N) is 4. The SMILES string of the molecule is CN(C)c1ccc(C2CC(c3ccc(-n4ccnc4)cc3)=NN2)cc1. The molecule has 1 atom stereocenters. The minimum absolute atomic E-state index is 0.236. The number of rotatable bonds is 4. The first kappa shape index (κ1) is 15.4. The maximum Gasteiger partial charge on any atom is 0.0991 e. The zero-order valence-corrected chi connectivity index (χ0v) is 14.4. The molecular formula is C20H21N5. The van der Waals surface area contributed by atoms with Crippen LogP contribution in [-0.2, 0) is 0 Å². The summed E-state index contributed by atoms with van der Waals surface area (Å²) in [6.07, 6.45) is 6.42. The van der Waals surface area contributed by atoms with E-state index in [9.17, 15) is 0 Å². The summed E-state index contributed by atoms with van der Waals surface area (Å²) in [5.41, 5.74) is 9.09. The predicted octanol–water partition coefficient (Wildman–Crippen LogP) is 3.38. The second kappa shape index (κ2) is 6.43. The van der Waals surface area contributed by atoms with Crippen LogP contribution in [0.2, 0.25) is 0 Å². The van der Waals surface area contributed by atoms with E-state index in [1.165, 1.54) is 11.3 Å². The predicted molar refractivity (Wildman–Crippen MR) is 101 cm³/mol. The highest BCUT2D eigenvalue weighted by molar-refractivity contribution is 6.01. The minimum Gasteiger partial charge on any atom is -0.378 e. The van der Waals surface area contributed by atoms with Gasteiger partial charge in [0.15, 0.2) is 0 Å². The van der Waals surface area contributed by atoms with Gasteiger partial charge in [0.1, 0.15) is 0 Å². The minimum atomic E-state index is 0.236. The molecule has 1 unspecified atom stereocenters. The molecule has 0 bridgehead atoms. The maximum atomic E-state index is 4.55. The lowest BCUT2D eigenvalue weighted by Gasteiger charge is -2.15. The Labute approximate surface area is 147 Å². The highest BCUT2D eigenvalue weighted by Gasteiger charge is 2.21. The van der Waals surface area contributed by atoms with Crippen molar-refractivity contribution < 1.29 is 0 Å². The number of imidazole rings is 1. The van der Waals surface area contributed by atoms with Crippen molar-refractivity contribution in [3.05, 3.63) is 78.4 Å². The number of aromatic nitrogens is 2. The number of nitrogens with one attached hydrogen (secondary N) is 1. The number of benzene rings is 2. The van der Waals surface area contributed by atoms with Gasteiger partial charge in [0.05, 0.1) is 18.1 Å². The van der Waals surface area contributed by atoms with Gasteiger partial charge in [-0.2, -0.15) is 5.10 Å². The fourth-order valence-corrected chi connectivity index (χ4v) is 3.06. The van der Waals surface area contributed by atoms with Crippen LogP contribution < -0.4 is 10.3 Å². The number of anilines is 1. The molecule has 0 amide bonds. The largest absolute Gasteiger partial charge is 0.378 e. The molecule has 25 heavy (non-hydrogen) atoms. The third kappa shape index (κ3) is 3.13. The van der Waals surface area contributed by atoms with Gasteiger partial charge < -0.3 is 14.9 Å². The lowest BCUT2D eigenvalue weighted by molar-refractivity contribution is 0.620. The number of hydrazone groups is 1. The van der Waals surface area contributed by atoms with Gasteiger partial charge in [0.25, 0.3) is 0 Å². The van der Waals surface area contributed by atoms with Gasteiger partial charge in [-0.1, -0.05) is 24.3 Å². The lowest BCUT2D eigenvalue weighted by atomic mass is 9.99. The second-order valence-corrected chi connectivity index (χ2v) is 6.45. The summed E-state index contributed by atoms with van der Waals surface area (Å²) in [6, 6.07) is 17.3. The van der Waals surface area contributed by atoms with E-state index >= 15 is 0 Å². The molecule has 3 aromatic rings. The summed E-state index contributed by atoms with van der Waals surface area (Å²) >= 11 is 0. The maximum absolute atomic E-state index is 4.55. The van der Waals surface area contributed by atoms with Crippen LogP contribution in [0.4, 0.5) is 5.69 Å². The quantitative estimate of drug-likeness (QED) is 0.797. The molecule has 1 N–H and O–H groups in total. The van der Waals surface area contributed by atoms with Crippen molar-refractivity contribution >= 4 is 11.4 Å². The summed E-state index contributed by atoms with van der Waals surface area (Å²) in [7, 11) is 4.11. The van der Waals surface area contributed by atoms with Crippen molar-refractivity contribution in [1.29, 1.82) is 0 Å². The molecule has 4 rings (SSSR count). The van der Waals surface area contributed by atoms with Crippen LogP contribution in [0.5, 0.6) is 0 Å². The van der Waals surface area contributed by atoms with E-state index in [-0.39, 0.29) is 6.04 Å². The highest BCUT2D eigenvalue weighted by atomic mass is 15.3. The average molecular weight is 331 g/mol. The summed E-state index contributed by atoms with van der Waals surface area (Å²) in [6.45, 7) is 0. The van der Waals surface area contributed by atoms with E-state index in [0.717, 1.165) is 23.4 Å². The first-order valence-corrected chi connectivity index (χ1v) is 8.39. The Hall–Kier alpha value is -3.08. The van der Waals surface area contributed by atoms with Crippen molar-refractivity contribution in [2.24, 2.45) is 5.10 Å². The molecule has 1 aliphatic heterocycles. The van der Waals surface area contributed by atoms with Crippen molar-refractivity contribution in [2.45, 2.75) is 12.5 Å². The Balaban J connectivity index is 1.46. The van der Waals surface area contributed by atoms with Crippen LogP contribution in [-0.4, -0.2) is 29.4 Å². The molecule has 126 valence electrons. The third-order valence-electron chi connectivity index (χ3n) is 4.57. The molecule has 0 saturated carbocycles. The Bertz CT molecular complexity index is 861. The molecule has 5 heteroatoms. The topological polar surface area (TPSA) is 45.5 Å². The molecular weight excluding hydrogens is 310 g/mol. The van der Waals surface area contributed by atoms with Crippen LogP contribution in [0.15, 0.2) is 72.4 Å². The fraction of sp³-hybridized carbons (Fsp3) is 0.200. The number of hydrogen-bond acceptors (Lipinski definition) is 4. The summed E-state index contributed by atoms with van der Waals surface area (Å²) in [4.78, 5) is 6.19. The smallest absolute Gasteiger partial charge is 0.0991 e. The first-order valence-electron chi connectivity index (χ1n) is 8.39. The first-order chi connectivity index (χ1) is 12.2. The molecule has 5 nitrogen and oxygen atoms in total. The molecule has 0 saturated heterocycles. The third-order valence-corrected chi connectivity index (χ3v) is 4.57. The summed E-state index contributed by atoms with van der Waals surface area (Å²) in [5.74, 6) is 0. The Kier molecular flexibility index (Phi) is 3.98. The zero-order chi connectivity index (χ0) is 17.2. The van der Waals surface area contributed by atoms with Gasteiger partial charge in [-0.25, -0.2) is 4.98 Å². The van der Waals surface area contributed by atoms with Gasteiger partial charge in [0, 0.05) is 44.3 Å². The van der Waals surface area contributed by atoms with E-state index in [0.29, 0.717) is 0 Å². The highest BCUT2D eigenvalue weighted by Crippen LogP contribution is 2.26. The van der Waals surface area contributed by atoms with Crippen molar-refractivity contribution in [3.8, 4) is 5.69 Å². The monoisotopic (exact) mass is 331 g/mol. The van der Waals surface area contributed by atoms with E-state index < -0.39 is 0 Å². The Morgan fingerprint density at radius 3 is 2.44 bits per heavy atom. The van der Waals surface area contributed by atoms with E-state index in [2.05, 4.69) is 83.0 Å². The van der Waals surface area contributed by atoms with Crippen LogP contribution >= 0.6 is 0 Å². The van der Waals surface area contributed by atoms with Gasteiger partial charge in [0.2, 0.25) is 0 Å². The van der Waals surface area contributed by atoms with Crippen molar-refractivity contribution in [1.82, 2.24) is 15.0 Å². The van der Waals surface area contributed by atoms with Gasteiger partial charge in [-0.05, 0) is 35.4 Å². The number of hydrogen-bond donors (Lipinski definition) is 1. The van der Waals surface area contributed by atoms with Crippen LogP contribution in [0.25, 0.3) is 5.69 Å². The average Bonchev–Trinajstić information content (AvgIpc) is 3.34. The van der Waals surface area contributed by atoms with Crippen LogP contribution in [0.3, 0.4) is 0 Å². The normalized spacial score (nSPS) is 16.4. The Morgan fingerprint density at radius 2 is 1.80 bits per heavy atom. The van der Waals surface area contributed by atoms with E-state index in [1.54, 1.807) is 12.5 Å². The molecule has 0 fully saturated rings. The molecule has 2 heterocycles. The van der Waals surface area contributed by atoms with E-state index in [1.807, 2.05) is 10.8 Å². The summed E-state index contributed by atoms with van der Waals surface area (Å²) in [5, 5.41) is 4.55. The molecule has 1 aromatic heterocycles. The molecule has 2 aromatic carbocycles. The second-order valence-electron chi connectivity index (χ2n) is 6.45. The van der Waals surface area contributed by atoms with Crippen molar-refractivity contribution in [3.63, 3.8) is 0 Å². The summed E-state index contributed by atoms with van der Waals surface area (Å²) < 4.78 is 1.99. The van der Waals surface area contributed by atoms with Gasteiger partial charge in [-0.3, -0.25) is 0 Å². The van der Waals surface area contributed by atoms with Gasteiger partial charge in [-0.15, -0.1) is 0 Å². The Morgan fingerprint density at radius 1 is 1.04 bits per heavy atom. The molecule has 1 aliphatic rings. The lowest BCUT2D eigenvalue weighted by Crippen LogP contribution is -2.11. The molecule has 0 aliphatic carbocycles. The standard InChI is InChI=1S/C20H21N5/c1-24(2)17-7-3-15(4-8-17)19-13-20(23-22-19)16-5-9-18(10-6-16)25-12-11-21-14-25/h3-12,14,19,22H,13H2,1-2H3. The fourth-order valence-electron chi connectivity index (χ4n) is 3.06.